The van der Waals surface area contributed by atoms with Crippen molar-refractivity contribution in [1.82, 2.24) is 9.97 Å². The van der Waals surface area contributed by atoms with Gasteiger partial charge in [-0.15, -0.1) is 0 Å². The summed E-state index contributed by atoms with van der Waals surface area (Å²) in [6, 6.07) is 0. The molecule has 1 aromatic rings. The van der Waals surface area contributed by atoms with Crippen molar-refractivity contribution >= 4 is 28.6 Å². The molecule has 1 N–H and O–H groups in total. The summed E-state index contributed by atoms with van der Waals surface area (Å²) in [4.78, 5) is 9.07. The Hall–Kier alpha value is -0.520. The highest BCUT2D eigenvalue weighted by Crippen LogP contribution is 2.41. The Kier molecular flexibility index (Phi) is 2.31. The minimum Gasteiger partial charge on any atom is -0.611 e. The maximum Gasteiger partial charge on any atom is 0.224 e. The predicted molar refractivity (Wildman–Crippen MR) is 63.3 cm³/mol. The van der Waals surface area contributed by atoms with Crippen LogP contribution in [0, 0.1) is 0 Å². The molecule has 1 atom stereocenters. The monoisotopic (exact) mass is 257 g/mol. The molecule has 0 aromatic carbocycles. The summed E-state index contributed by atoms with van der Waals surface area (Å²) in [7, 11) is 0. The fourth-order valence-corrected chi connectivity index (χ4v) is 3.34. The van der Waals surface area contributed by atoms with Crippen LogP contribution in [0.3, 0.4) is 0 Å². The van der Waals surface area contributed by atoms with Crippen molar-refractivity contribution in [2.45, 2.75) is 36.6 Å². The van der Waals surface area contributed by atoms with Crippen LogP contribution in [-0.2, 0) is 17.6 Å². The van der Waals surface area contributed by atoms with Gasteiger partial charge in [0.2, 0.25) is 10.2 Å². The number of hydrogen-bond donors (Lipinski definition) is 1. The number of rotatable bonds is 2. The second-order valence-electron chi connectivity index (χ2n) is 4.60. The van der Waals surface area contributed by atoms with E-state index in [-0.39, 0.29) is 10.8 Å². The fourth-order valence-electron chi connectivity index (χ4n) is 1.85. The lowest BCUT2D eigenvalue weighted by molar-refractivity contribution is 0.598. The molecule has 6 heteroatoms. The lowest BCUT2D eigenvalue weighted by Gasteiger charge is -2.15. The van der Waals surface area contributed by atoms with Crippen LogP contribution < -0.4 is 5.32 Å². The first kappa shape index (κ1) is 10.6. The highest BCUT2D eigenvalue weighted by atomic mass is 35.5. The summed E-state index contributed by atoms with van der Waals surface area (Å²) in [6.07, 6.45) is 2.97. The normalized spacial score (nSPS) is 25.3. The van der Waals surface area contributed by atoms with Crippen LogP contribution in [0.15, 0.2) is 4.90 Å². The summed E-state index contributed by atoms with van der Waals surface area (Å²) < 4.78 is 11.9. The van der Waals surface area contributed by atoms with Crippen molar-refractivity contribution < 1.29 is 4.55 Å². The summed E-state index contributed by atoms with van der Waals surface area (Å²) in [6.45, 7) is 2.13. The van der Waals surface area contributed by atoms with E-state index in [0.29, 0.717) is 11.6 Å². The molecule has 2 aliphatic rings. The molecule has 1 fully saturated rings. The van der Waals surface area contributed by atoms with Gasteiger partial charge < -0.3 is 9.87 Å². The molecule has 2 heterocycles. The SMILES string of the molecule is CC1(Nc2nc(Cl)nc3c2[S+]([O-])CC3)CC1. The number of hydrogen-bond acceptors (Lipinski definition) is 4. The molecule has 0 amide bonds. The van der Waals surface area contributed by atoms with E-state index in [9.17, 15) is 4.55 Å². The van der Waals surface area contributed by atoms with Gasteiger partial charge in [0.25, 0.3) is 0 Å². The molecule has 0 spiro atoms. The lowest BCUT2D eigenvalue weighted by Crippen LogP contribution is -2.19. The molecule has 0 saturated heterocycles. The van der Waals surface area contributed by atoms with Crippen LogP contribution in [0.5, 0.6) is 0 Å². The van der Waals surface area contributed by atoms with Gasteiger partial charge in [-0.25, -0.2) is 4.98 Å². The van der Waals surface area contributed by atoms with E-state index in [1.165, 1.54) is 0 Å². The van der Waals surface area contributed by atoms with Crippen LogP contribution in [0.25, 0.3) is 0 Å². The molecule has 1 aromatic heterocycles. The average molecular weight is 258 g/mol. The van der Waals surface area contributed by atoms with Crippen molar-refractivity contribution in [2.24, 2.45) is 0 Å². The summed E-state index contributed by atoms with van der Waals surface area (Å²) >= 11 is 4.89. The van der Waals surface area contributed by atoms with Crippen LogP contribution in [0.1, 0.15) is 25.5 Å². The van der Waals surface area contributed by atoms with E-state index in [2.05, 4.69) is 22.2 Å². The third-order valence-corrected chi connectivity index (χ3v) is 4.71. The number of aromatic nitrogens is 2. The number of nitrogens with one attached hydrogen (secondary N) is 1. The molecule has 1 aliphatic heterocycles. The Balaban J connectivity index is 2.02. The van der Waals surface area contributed by atoms with Crippen LogP contribution in [-0.4, -0.2) is 25.8 Å². The molecule has 0 radical (unpaired) electrons. The largest absolute Gasteiger partial charge is 0.611 e. The van der Waals surface area contributed by atoms with E-state index >= 15 is 0 Å². The molecule has 1 unspecified atom stereocenters. The van der Waals surface area contributed by atoms with Gasteiger partial charge >= 0.3 is 0 Å². The highest BCUT2D eigenvalue weighted by molar-refractivity contribution is 7.91. The molecule has 1 saturated carbocycles. The maximum atomic E-state index is 11.9. The first-order valence-corrected chi connectivity index (χ1v) is 7.00. The summed E-state index contributed by atoms with van der Waals surface area (Å²) in [5.41, 5.74) is 0.947. The second-order valence-corrected chi connectivity index (χ2v) is 6.45. The number of aryl methyl sites for hydroxylation is 1. The Bertz CT molecular complexity index is 450. The van der Waals surface area contributed by atoms with Gasteiger partial charge in [0.05, 0.1) is 0 Å². The highest BCUT2D eigenvalue weighted by Gasteiger charge is 2.41. The number of halogens is 1. The Morgan fingerprint density at radius 1 is 1.44 bits per heavy atom. The number of fused-ring (bicyclic) bond motifs is 1. The van der Waals surface area contributed by atoms with Crippen molar-refractivity contribution in [1.29, 1.82) is 0 Å². The van der Waals surface area contributed by atoms with Crippen LogP contribution in [0.4, 0.5) is 5.82 Å². The second kappa shape index (κ2) is 3.48. The van der Waals surface area contributed by atoms with E-state index in [1.807, 2.05) is 0 Å². The molecular weight excluding hydrogens is 246 g/mol. The van der Waals surface area contributed by atoms with Crippen molar-refractivity contribution in [3.63, 3.8) is 0 Å². The summed E-state index contributed by atoms with van der Waals surface area (Å²) in [5.74, 6) is 1.31. The fraction of sp³-hybridized carbons (Fsp3) is 0.600. The van der Waals surface area contributed by atoms with Crippen molar-refractivity contribution in [3.05, 3.63) is 11.0 Å². The standard InChI is InChI=1S/C10H12ClN3OS/c1-10(3-4-10)14-8-7-6(2-5-16(7)15)12-9(11)13-8/h2-5H2,1H3,(H,12,13,14). The third kappa shape index (κ3) is 1.77. The zero-order chi connectivity index (χ0) is 11.3. The molecular formula is C10H12ClN3OS. The van der Waals surface area contributed by atoms with Gasteiger partial charge in [0, 0.05) is 12.0 Å². The van der Waals surface area contributed by atoms with Gasteiger partial charge in [0.15, 0.2) is 5.82 Å². The third-order valence-electron chi connectivity index (χ3n) is 3.08. The minimum absolute atomic E-state index is 0.109. The van der Waals surface area contributed by atoms with Crippen molar-refractivity contribution in [2.75, 3.05) is 11.1 Å². The predicted octanol–water partition coefficient (Wildman–Crippen LogP) is 1.76. The van der Waals surface area contributed by atoms with Crippen LogP contribution >= 0.6 is 11.6 Å². The first-order valence-electron chi connectivity index (χ1n) is 5.30. The molecule has 86 valence electrons. The number of anilines is 1. The molecule has 0 bridgehead atoms. The minimum atomic E-state index is -0.971. The zero-order valence-corrected chi connectivity index (χ0v) is 10.5. The van der Waals surface area contributed by atoms with E-state index in [1.54, 1.807) is 0 Å². The summed E-state index contributed by atoms with van der Waals surface area (Å²) in [5, 5.41) is 3.58. The van der Waals surface area contributed by atoms with E-state index in [0.717, 1.165) is 29.9 Å². The maximum absolute atomic E-state index is 11.9. The van der Waals surface area contributed by atoms with Gasteiger partial charge in [0.1, 0.15) is 11.4 Å². The molecule has 3 rings (SSSR count). The van der Waals surface area contributed by atoms with Gasteiger partial charge in [-0.05, 0) is 42.5 Å². The zero-order valence-electron chi connectivity index (χ0n) is 8.92. The molecule has 4 nitrogen and oxygen atoms in total. The lowest BCUT2D eigenvalue weighted by atomic mass is 10.3. The van der Waals surface area contributed by atoms with Crippen LogP contribution in [0.2, 0.25) is 5.28 Å². The Morgan fingerprint density at radius 3 is 2.88 bits per heavy atom. The Labute approximate surface area is 102 Å². The smallest absolute Gasteiger partial charge is 0.224 e. The van der Waals surface area contributed by atoms with Gasteiger partial charge in [-0.1, -0.05) is 0 Å². The van der Waals surface area contributed by atoms with Gasteiger partial charge in [-0.2, -0.15) is 4.98 Å². The average Bonchev–Trinajstić information content (AvgIpc) is 2.80. The van der Waals surface area contributed by atoms with Crippen molar-refractivity contribution in [3.8, 4) is 0 Å². The van der Waals surface area contributed by atoms with E-state index in [4.69, 9.17) is 11.6 Å². The molecule has 1 aliphatic carbocycles. The molecule has 16 heavy (non-hydrogen) atoms. The topological polar surface area (TPSA) is 60.9 Å². The first-order chi connectivity index (χ1) is 7.57. The number of nitrogens with zero attached hydrogens (tertiary/aromatic N) is 2. The Morgan fingerprint density at radius 2 is 2.19 bits per heavy atom. The quantitative estimate of drug-likeness (QED) is 0.648. The van der Waals surface area contributed by atoms with Gasteiger partial charge in [-0.3, -0.25) is 0 Å². The van der Waals surface area contributed by atoms with E-state index < -0.39 is 11.2 Å².